The Morgan fingerprint density at radius 2 is 2.24 bits per heavy atom. The van der Waals surface area contributed by atoms with Crippen LogP contribution in [0.2, 0.25) is 0 Å². The lowest BCUT2D eigenvalue weighted by molar-refractivity contribution is -0.125. The van der Waals surface area contributed by atoms with E-state index in [1.165, 1.54) is 0 Å². The number of amides is 2. The Kier molecular flexibility index (Phi) is 4.85. The second-order valence-corrected chi connectivity index (χ2v) is 5.03. The average molecular weight is 291 g/mol. The molecule has 1 aromatic heterocycles. The lowest BCUT2D eigenvalue weighted by atomic mass is 10.1. The van der Waals surface area contributed by atoms with Crippen LogP contribution in [0.3, 0.4) is 0 Å². The molecule has 2 rings (SSSR count). The number of rotatable bonds is 3. The van der Waals surface area contributed by atoms with E-state index in [1.807, 2.05) is 6.92 Å². The molecular formula is C14H21N5O2. The van der Waals surface area contributed by atoms with Crippen molar-refractivity contribution in [1.29, 1.82) is 0 Å². The van der Waals surface area contributed by atoms with E-state index in [1.54, 1.807) is 24.9 Å². The molecule has 0 aliphatic carbocycles. The van der Waals surface area contributed by atoms with Crippen molar-refractivity contribution < 1.29 is 9.59 Å². The highest BCUT2D eigenvalue weighted by Crippen LogP contribution is 2.14. The molecular weight excluding hydrogens is 270 g/mol. The first kappa shape index (κ1) is 15.4. The number of aryl methyl sites for hydroxylation is 2. The van der Waals surface area contributed by atoms with E-state index in [2.05, 4.69) is 20.8 Å². The molecule has 0 aromatic carbocycles. The molecule has 7 heteroatoms. The Labute approximate surface area is 124 Å². The molecule has 1 saturated heterocycles. The molecule has 1 aromatic rings. The summed E-state index contributed by atoms with van der Waals surface area (Å²) >= 11 is 0. The standard InChI is InChI=1S/C14H21N5O2/c1-4-11-10(7-9(2)17-18-11)14(21)19-6-5-16-8-12(19)13(20)15-3/h7,12,16H,4-6,8H2,1-3H3,(H,15,20). The number of carbonyl (C=O) groups excluding carboxylic acids is 2. The fourth-order valence-corrected chi connectivity index (χ4v) is 2.46. The van der Waals surface area contributed by atoms with E-state index in [9.17, 15) is 9.59 Å². The molecule has 7 nitrogen and oxygen atoms in total. The van der Waals surface area contributed by atoms with Gasteiger partial charge in [-0.15, -0.1) is 0 Å². The molecule has 0 bridgehead atoms. The molecule has 114 valence electrons. The van der Waals surface area contributed by atoms with E-state index in [4.69, 9.17) is 0 Å². The summed E-state index contributed by atoms with van der Waals surface area (Å²) < 4.78 is 0. The highest BCUT2D eigenvalue weighted by atomic mass is 16.2. The Bertz CT molecular complexity index is 546. The maximum absolute atomic E-state index is 12.8. The fraction of sp³-hybridized carbons (Fsp3) is 0.571. The second kappa shape index (κ2) is 6.62. The van der Waals surface area contributed by atoms with Crippen LogP contribution in [0.25, 0.3) is 0 Å². The van der Waals surface area contributed by atoms with Gasteiger partial charge in [0.05, 0.1) is 17.0 Å². The first-order valence-electron chi connectivity index (χ1n) is 7.15. The second-order valence-electron chi connectivity index (χ2n) is 5.03. The van der Waals surface area contributed by atoms with Crippen LogP contribution in [-0.4, -0.2) is 59.6 Å². The number of likely N-dealkylation sites (N-methyl/N-ethyl adjacent to an activating group) is 1. The molecule has 1 fully saturated rings. The third-order valence-corrected chi connectivity index (χ3v) is 3.61. The number of piperazine rings is 1. The van der Waals surface area contributed by atoms with Crippen LogP contribution in [-0.2, 0) is 11.2 Å². The van der Waals surface area contributed by atoms with Gasteiger partial charge in [-0.05, 0) is 19.4 Å². The number of nitrogens with one attached hydrogen (secondary N) is 2. The van der Waals surface area contributed by atoms with Gasteiger partial charge in [0.15, 0.2) is 0 Å². The minimum atomic E-state index is -0.491. The number of aromatic nitrogens is 2. The number of carbonyl (C=O) groups is 2. The predicted octanol–water partition coefficient (Wildman–Crippen LogP) is -0.493. The highest BCUT2D eigenvalue weighted by molar-refractivity contribution is 5.98. The summed E-state index contributed by atoms with van der Waals surface area (Å²) in [7, 11) is 1.58. The normalized spacial score (nSPS) is 18.4. The third-order valence-electron chi connectivity index (χ3n) is 3.61. The van der Waals surface area contributed by atoms with E-state index in [0.29, 0.717) is 43.0 Å². The van der Waals surface area contributed by atoms with E-state index in [-0.39, 0.29) is 11.8 Å². The van der Waals surface area contributed by atoms with Gasteiger partial charge >= 0.3 is 0 Å². The zero-order valence-corrected chi connectivity index (χ0v) is 12.6. The fourth-order valence-electron chi connectivity index (χ4n) is 2.46. The minimum absolute atomic E-state index is 0.153. The Balaban J connectivity index is 2.33. The topological polar surface area (TPSA) is 87.2 Å². The van der Waals surface area contributed by atoms with Crippen molar-refractivity contribution in [3.8, 4) is 0 Å². The third kappa shape index (κ3) is 3.18. The first-order valence-corrected chi connectivity index (χ1v) is 7.15. The van der Waals surface area contributed by atoms with Crippen LogP contribution in [0, 0.1) is 6.92 Å². The summed E-state index contributed by atoms with van der Waals surface area (Å²) in [6, 6.07) is 1.26. The van der Waals surface area contributed by atoms with Gasteiger partial charge in [0.25, 0.3) is 5.91 Å². The molecule has 1 atom stereocenters. The van der Waals surface area contributed by atoms with Crippen LogP contribution < -0.4 is 10.6 Å². The van der Waals surface area contributed by atoms with Crippen LogP contribution in [0.1, 0.15) is 28.7 Å². The predicted molar refractivity (Wildman–Crippen MR) is 77.9 cm³/mol. The van der Waals surface area contributed by atoms with Crippen molar-refractivity contribution in [2.45, 2.75) is 26.3 Å². The summed E-state index contributed by atoms with van der Waals surface area (Å²) in [6.45, 7) is 5.38. The van der Waals surface area contributed by atoms with Crippen LogP contribution in [0.15, 0.2) is 6.07 Å². The summed E-state index contributed by atoms with van der Waals surface area (Å²) in [6.07, 6.45) is 0.630. The van der Waals surface area contributed by atoms with Gasteiger partial charge in [-0.2, -0.15) is 10.2 Å². The van der Waals surface area contributed by atoms with E-state index < -0.39 is 6.04 Å². The van der Waals surface area contributed by atoms with Crippen molar-refractivity contribution in [2.75, 3.05) is 26.7 Å². The van der Waals surface area contributed by atoms with Crippen LogP contribution >= 0.6 is 0 Å². The summed E-state index contributed by atoms with van der Waals surface area (Å²) in [5.41, 5.74) is 1.91. The molecule has 1 aliphatic rings. The monoisotopic (exact) mass is 291 g/mol. The molecule has 21 heavy (non-hydrogen) atoms. The van der Waals surface area contributed by atoms with Crippen molar-refractivity contribution in [1.82, 2.24) is 25.7 Å². The zero-order chi connectivity index (χ0) is 15.4. The van der Waals surface area contributed by atoms with Crippen LogP contribution in [0.5, 0.6) is 0 Å². The first-order chi connectivity index (χ1) is 10.1. The van der Waals surface area contributed by atoms with Crippen molar-refractivity contribution in [2.24, 2.45) is 0 Å². The van der Waals surface area contributed by atoms with Gasteiger partial charge in [0.1, 0.15) is 6.04 Å². The Morgan fingerprint density at radius 3 is 2.90 bits per heavy atom. The zero-order valence-electron chi connectivity index (χ0n) is 12.6. The average Bonchev–Trinajstić information content (AvgIpc) is 2.53. The molecule has 0 saturated carbocycles. The van der Waals surface area contributed by atoms with Gasteiger partial charge in [-0.1, -0.05) is 6.92 Å². The van der Waals surface area contributed by atoms with Gasteiger partial charge in [-0.3, -0.25) is 9.59 Å². The number of hydrogen-bond acceptors (Lipinski definition) is 5. The molecule has 1 unspecified atom stereocenters. The molecule has 0 spiro atoms. The highest BCUT2D eigenvalue weighted by Gasteiger charge is 2.33. The van der Waals surface area contributed by atoms with Gasteiger partial charge in [0.2, 0.25) is 5.91 Å². The largest absolute Gasteiger partial charge is 0.357 e. The molecule has 1 aliphatic heterocycles. The summed E-state index contributed by atoms with van der Waals surface area (Å²) in [4.78, 5) is 26.4. The quantitative estimate of drug-likeness (QED) is 0.784. The van der Waals surface area contributed by atoms with Crippen LogP contribution in [0.4, 0.5) is 0 Å². The number of nitrogens with zero attached hydrogens (tertiary/aromatic N) is 3. The van der Waals surface area contributed by atoms with Crippen molar-refractivity contribution in [3.05, 3.63) is 23.0 Å². The minimum Gasteiger partial charge on any atom is -0.357 e. The van der Waals surface area contributed by atoms with E-state index in [0.717, 1.165) is 0 Å². The summed E-state index contributed by atoms with van der Waals surface area (Å²) in [5, 5.41) is 13.8. The Morgan fingerprint density at radius 1 is 1.48 bits per heavy atom. The van der Waals surface area contributed by atoms with Gasteiger partial charge in [-0.25, -0.2) is 0 Å². The lowest BCUT2D eigenvalue weighted by Crippen LogP contribution is -2.59. The van der Waals surface area contributed by atoms with E-state index >= 15 is 0 Å². The number of hydrogen-bond donors (Lipinski definition) is 2. The SMILES string of the molecule is CCc1nnc(C)cc1C(=O)N1CCNCC1C(=O)NC. The smallest absolute Gasteiger partial charge is 0.256 e. The molecule has 2 amide bonds. The van der Waals surface area contributed by atoms with Gasteiger partial charge in [0, 0.05) is 26.7 Å². The molecule has 2 heterocycles. The summed E-state index contributed by atoms with van der Waals surface area (Å²) in [5.74, 6) is -0.313. The maximum atomic E-state index is 12.8. The molecule has 2 N–H and O–H groups in total. The van der Waals surface area contributed by atoms with Gasteiger partial charge < -0.3 is 15.5 Å². The maximum Gasteiger partial charge on any atom is 0.256 e. The van der Waals surface area contributed by atoms with Crippen molar-refractivity contribution in [3.63, 3.8) is 0 Å². The lowest BCUT2D eigenvalue weighted by Gasteiger charge is -2.35. The molecule has 0 radical (unpaired) electrons. The Hall–Kier alpha value is -2.02. The van der Waals surface area contributed by atoms with Crippen molar-refractivity contribution >= 4 is 11.8 Å².